The predicted molar refractivity (Wildman–Crippen MR) is 111 cm³/mol. The van der Waals surface area contributed by atoms with E-state index in [1.165, 1.54) is 0 Å². The highest BCUT2D eigenvalue weighted by Gasteiger charge is 2.33. The van der Waals surface area contributed by atoms with Gasteiger partial charge < -0.3 is 15.1 Å². The van der Waals surface area contributed by atoms with E-state index in [-0.39, 0.29) is 11.9 Å². The van der Waals surface area contributed by atoms with E-state index >= 15 is 0 Å². The first kappa shape index (κ1) is 20.6. The van der Waals surface area contributed by atoms with Crippen molar-refractivity contribution in [2.75, 3.05) is 13.1 Å². The first-order chi connectivity index (χ1) is 13.8. The van der Waals surface area contributed by atoms with E-state index in [1.807, 2.05) is 57.2 Å². The Morgan fingerprint density at radius 2 is 1.72 bits per heavy atom. The first-order valence-corrected chi connectivity index (χ1v) is 9.87. The van der Waals surface area contributed by atoms with Crippen molar-refractivity contribution in [3.05, 3.63) is 70.8 Å². The Hall–Kier alpha value is -3.15. The molecule has 3 rings (SSSR count). The number of nitrogens with zero attached hydrogens (tertiary/aromatic N) is 2. The Morgan fingerprint density at radius 1 is 1.00 bits per heavy atom. The molecule has 3 amide bonds. The fourth-order valence-corrected chi connectivity index (χ4v) is 3.42. The van der Waals surface area contributed by atoms with Gasteiger partial charge in [0.1, 0.15) is 0 Å². The second-order valence-corrected chi connectivity index (χ2v) is 7.69. The maximum absolute atomic E-state index is 12.4. The molecule has 0 radical (unpaired) electrons. The Bertz CT molecular complexity index is 906. The summed E-state index contributed by atoms with van der Waals surface area (Å²) in [7, 11) is 0. The minimum atomic E-state index is -0.468. The van der Waals surface area contributed by atoms with E-state index in [0.29, 0.717) is 31.7 Å². The number of aryl methyl sites for hydroxylation is 1. The molecule has 29 heavy (non-hydrogen) atoms. The molecule has 1 saturated heterocycles. The SMILES string of the molecule is Cc1cccc(CNC(=O)c2ccc(CN3CCN(C(C)C)C(=O)C3=O)cc2)c1. The number of carbonyl (C=O) groups excluding carboxylic acids is 3. The van der Waals surface area contributed by atoms with Gasteiger partial charge in [0.25, 0.3) is 5.91 Å². The maximum Gasteiger partial charge on any atom is 0.312 e. The number of hydrogen-bond acceptors (Lipinski definition) is 3. The van der Waals surface area contributed by atoms with Crippen LogP contribution in [0.5, 0.6) is 0 Å². The summed E-state index contributed by atoms with van der Waals surface area (Å²) < 4.78 is 0. The van der Waals surface area contributed by atoms with Gasteiger partial charge >= 0.3 is 11.8 Å². The average molecular weight is 393 g/mol. The third kappa shape index (κ3) is 5.02. The molecule has 0 saturated carbocycles. The molecule has 0 aliphatic carbocycles. The molecule has 1 heterocycles. The average Bonchev–Trinajstić information content (AvgIpc) is 2.70. The van der Waals surface area contributed by atoms with Gasteiger partial charge in [0.05, 0.1) is 0 Å². The van der Waals surface area contributed by atoms with E-state index in [1.54, 1.807) is 21.9 Å². The van der Waals surface area contributed by atoms with Crippen LogP contribution >= 0.6 is 0 Å². The van der Waals surface area contributed by atoms with Crippen LogP contribution in [0.2, 0.25) is 0 Å². The lowest BCUT2D eigenvalue weighted by Gasteiger charge is -2.36. The van der Waals surface area contributed by atoms with Gasteiger partial charge in [-0.2, -0.15) is 0 Å². The Balaban J connectivity index is 1.56. The molecule has 1 fully saturated rings. The van der Waals surface area contributed by atoms with E-state index in [9.17, 15) is 14.4 Å². The van der Waals surface area contributed by atoms with Crippen LogP contribution in [-0.4, -0.2) is 46.7 Å². The summed E-state index contributed by atoms with van der Waals surface area (Å²) in [5, 5.41) is 2.92. The zero-order valence-corrected chi connectivity index (χ0v) is 17.1. The maximum atomic E-state index is 12.4. The van der Waals surface area contributed by atoms with E-state index in [2.05, 4.69) is 5.32 Å². The van der Waals surface area contributed by atoms with Crippen LogP contribution in [0.1, 0.15) is 40.9 Å². The molecule has 0 spiro atoms. The van der Waals surface area contributed by atoms with Gasteiger partial charge in [-0.1, -0.05) is 42.0 Å². The summed E-state index contributed by atoms with van der Waals surface area (Å²) in [4.78, 5) is 40.1. The minimum absolute atomic E-state index is 0.0196. The van der Waals surface area contributed by atoms with Gasteiger partial charge in [-0.15, -0.1) is 0 Å². The molecular weight excluding hydrogens is 366 g/mol. The summed E-state index contributed by atoms with van der Waals surface area (Å²) in [6.45, 7) is 7.72. The van der Waals surface area contributed by atoms with Crippen LogP contribution in [0, 0.1) is 6.92 Å². The Morgan fingerprint density at radius 3 is 2.38 bits per heavy atom. The zero-order valence-electron chi connectivity index (χ0n) is 17.1. The monoisotopic (exact) mass is 393 g/mol. The van der Waals surface area contributed by atoms with Crippen molar-refractivity contribution in [2.24, 2.45) is 0 Å². The van der Waals surface area contributed by atoms with E-state index < -0.39 is 11.8 Å². The number of hydrogen-bond donors (Lipinski definition) is 1. The van der Waals surface area contributed by atoms with Crippen molar-refractivity contribution in [1.29, 1.82) is 0 Å². The van der Waals surface area contributed by atoms with Crippen LogP contribution in [0.4, 0.5) is 0 Å². The van der Waals surface area contributed by atoms with E-state index in [0.717, 1.165) is 16.7 Å². The number of rotatable bonds is 6. The molecule has 1 aliphatic heterocycles. The summed E-state index contributed by atoms with van der Waals surface area (Å²) in [6, 6.07) is 15.2. The first-order valence-electron chi connectivity index (χ1n) is 9.87. The smallest absolute Gasteiger partial charge is 0.312 e. The van der Waals surface area contributed by atoms with Crippen LogP contribution in [0.3, 0.4) is 0 Å². The zero-order chi connectivity index (χ0) is 21.0. The largest absolute Gasteiger partial charge is 0.348 e. The molecule has 0 aromatic heterocycles. The summed E-state index contributed by atoms with van der Waals surface area (Å²) >= 11 is 0. The van der Waals surface area contributed by atoms with Crippen molar-refractivity contribution in [3.8, 4) is 0 Å². The number of piperazine rings is 1. The lowest BCUT2D eigenvalue weighted by molar-refractivity contribution is -0.157. The normalized spacial score (nSPS) is 14.5. The van der Waals surface area contributed by atoms with Crippen molar-refractivity contribution >= 4 is 17.7 Å². The summed E-state index contributed by atoms with van der Waals surface area (Å²) in [5.74, 6) is -1.06. The molecule has 152 valence electrons. The Kier molecular flexibility index (Phi) is 6.32. The second-order valence-electron chi connectivity index (χ2n) is 7.69. The summed E-state index contributed by atoms with van der Waals surface area (Å²) in [6.07, 6.45) is 0. The number of nitrogens with one attached hydrogen (secondary N) is 1. The number of amides is 3. The van der Waals surface area contributed by atoms with Crippen molar-refractivity contribution < 1.29 is 14.4 Å². The second kappa shape index (κ2) is 8.90. The van der Waals surface area contributed by atoms with Gasteiger partial charge in [-0.3, -0.25) is 14.4 Å². The molecule has 2 aromatic rings. The van der Waals surface area contributed by atoms with Crippen molar-refractivity contribution in [3.63, 3.8) is 0 Å². The third-order valence-corrected chi connectivity index (χ3v) is 5.09. The van der Waals surface area contributed by atoms with Crippen LogP contribution in [-0.2, 0) is 22.7 Å². The molecule has 1 aliphatic rings. The standard InChI is InChI=1S/C23H27N3O3/c1-16(2)26-12-11-25(22(28)23(26)29)15-18-7-9-20(10-8-18)21(27)24-14-19-6-4-5-17(3)13-19/h4-10,13,16H,11-12,14-15H2,1-3H3,(H,24,27). The van der Waals surface area contributed by atoms with E-state index in [4.69, 9.17) is 0 Å². The van der Waals surface area contributed by atoms with Gasteiger partial charge in [-0.05, 0) is 44.0 Å². The molecule has 0 unspecified atom stereocenters. The summed E-state index contributed by atoms with van der Waals surface area (Å²) in [5.41, 5.74) is 3.66. The fraction of sp³-hybridized carbons (Fsp3) is 0.348. The third-order valence-electron chi connectivity index (χ3n) is 5.09. The fourth-order valence-electron chi connectivity index (χ4n) is 3.42. The quantitative estimate of drug-likeness (QED) is 0.767. The van der Waals surface area contributed by atoms with Crippen molar-refractivity contribution in [1.82, 2.24) is 15.1 Å². The predicted octanol–water partition coefficient (Wildman–Crippen LogP) is 2.50. The van der Waals surface area contributed by atoms with Gasteiger partial charge in [0.2, 0.25) is 0 Å². The highest BCUT2D eigenvalue weighted by atomic mass is 16.2. The number of benzene rings is 2. The molecule has 1 N–H and O–H groups in total. The molecule has 0 bridgehead atoms. The van der Waals surface area contributed by atoms with Gasteiger partial charge in [-0.25, -0.2) is 0 Å². The highest BCUT2D eigenvalue weighted by Crippen LogP contribution is 2.14. The lowest BCUT2D eigenvalue weighted by Crippen LogP contribution is -2.55. The molecule has 6 nitrogen and oxygen atoms in total. The molecular formula is C23H27N3O3. The molecule has 6 heteroatoms. The topological polar surface area (TPSA) is 69.7 Å². The van der Waals surface area contributed by atoms with Crippen LogP contribution < -0.4 is 5.32 Å². The van der Waals surface area contributed by atoms with Gasteiger partial charge in [0.15, 0.2) is 0 Å². The van der Waals surface area contributed by atoms with Crippen LogP contribution in [0.25, 0.3) is 0 Å². The lowest BCUT2D eigenvalue weighted by atomic mass is 10.1. The number of carbonyl (C=O) groups is 3. The molecule has 0 atom stereocenters. The molecule has 2 aromatic carbocycles. The highest BCUT2D eigenvalue weighted by molar-refractivity contribution is 6.35. The Labute approximate surface area is 171 Å². The van der Waals surface area contributed by atoms with Crippen molar-refractivity contribution in [2.45, 2.75) is 39.9 Å². The minimum Gasteiger partial charge on any atom is -0.348 e. The van der Waals surface area contributed by atoms with Gasteiger partial charge in [0, 0.05) is 37.8 Å². The van der Waals surface area contributed by atoms with Crippen LogP contribution in [0.15, 0.2) is 48.5 Å².